The van der Waals surface area contributed by atoms with E-state index in [1.165, 1.54) is 22.7 Å². The second-order valence-corrected chi connectivity index (χ2v) is 7.89. The van der Waals surface area contributed by atoms with Crippen molar-refractivity contribution >= 4 is 34.5 Å². The third kappa shape index (κ3) is 4.41. The van der Waals surface area contributed by atoms with Crippen LogP contribution >= 0.6 is 22.7 Å². The molecule has 0 aliphatic carbocycles. The molecule has 8 heteroatoms. The summed E-state index contributed by atoms with van der Waals surface area (Å²) >= 11 is 2.78. The lowest BCUT2D eigenvalue weighted by Gasteiger charge is -2.26. The number of carbonyl (C=O) groups is 2. The van der Waals surface area contributed by atoms with Gasteiger partial charge in [-0.3, -0.25) is 9.59 Å². The number of hydrogen-bond donors (Lipinski definition) is 3. The minimum absolute atomic E-state index is 0.102. The SMILES string of the molecule is COc1ccccc1CNC(=O)C(=O)NCC(O)(c1cccs1)c1cccs1. The average Bonchev–Trinajstić information content (AvgIpc) is 3.44. The predicted octanol–water partition coefficient (Wildman–Crippen LogP) is 2.49. The van der Waals surface area contributed by atoms with Crippen LogP contribution in [-0.4, -0.2) is 30.6 Å². The van der Waals surface area contributed by atoms with E-state index in [-0.39, 0.29) is 13.1 Å². The number of nitrogens with one attached hydrogen (secondary N) is 2. The largest absolute Gasteiger partial charge is 0.496 e. The van der Waals surface area contributed by atoms with Crippen LogP contribution < -0.4 is 15.4 Å². The van der Waals surface area contributed by atoms with Gasteiger partial charge in [0.25, 0.3) is 0 Å². The molecule has 0 aliphatic heterocycles. The molecule has 0 saturated carbocycles. The van der Waals surface area contributed by atoms with Gasteiger partial charge in [-0.2, -0.15) is 0 Å². The fourth-order valence-corrected chi connectivity index (χ4v) is 4.46. The summed E-state index contributed by atoms with van der Waals surface area (Å²) in [5.74, 6) is -0.944. The van der Waals surface area contributed by atoms with Gasteiger partial charge in [0.1, 0.15) is 11.4 Å². The van der Waals surface area contributed by atoms with E-state index in [0.717, 1.165) is 5.56 Å². The molecule has 146 valence electrons. The lowest BCUT2D eigenvalue weighted by atomic mass is 10.00. The van der Waals surface area contributed by atoms with E-state index in [0.29, 0.717) is 15.5 Å². The molecule has 6 nitrogen and oxygen atoms in total. The van der Waals surface area contributed by atoms with Gasteiger partial charge in [0.15, 0.2) is 0 Å². The summed E-state index contributed by atoms with van der Waals surface area (Å²) in [6, 6.07) is 14.5. The third-order valence-electron chi connectivity index (χ3n) is 4.20. The molecule has 2 heterocycles. The number of ether oxygens (including phenoxy) is 1. The summed E-state index contributed by atoms with van der Waals surface area (Å²) in [6.07, 6.45) is 0. The molecule has 0 atom stereocenters. The van der Waals surface area contributed by atoms with Gasteiger partial charge in [-0.1, -0.05) is 30.3 Å². The Labute approximate surface area is 170 Å². The number of methoxy groups -OCH3 is 1. The minimum atomic E-state index is -1.37. The van der Waals surface area contributed by atoms with E-state index >= 15 is 0 Å². The van der Waals surface area contributed by atoms with Crippen molar-refractivity contribution in [3.8, 4) is 5.75 Å². The maximum absolute atomic E-state index is 12.2. The van der Waals surface area contributed by atoms with E-state index in [2.05, 4.69) is 10.6 Å². The average molecular weight is 417 g/mol. The normalized spacial score (nSPS) is 11.1. The van der Waals surface area contributed by atoms with Gasteiger partial charge in [-0.15, -0.1) is 22.7 Å². The summed E-state index contributed by atoms with van der Waals surface area (Å²) in [5, 5.41) is 20.0. The minimum Gasteiger partial charge on any atom is -0.496 e. The van der Waals surface area contributed by atoms with Gasteiger partial charge < -0.3 is 20.5 Å². The zero-order chi connectivity index (χ0) is 20.0. The van der Waals surface area contributed by atoms with E-state index < -0.39 is 17.4 Å². The molecular weight excluding hydrogens is 396 g/mol. The summed E-state index contributed by atoms with van der Waals surface area (Å²) in [5.41, 5.74) is -0.610. The van der Waals surface area contributed by atoms with Crippen molar-refractivity contribution in [2.45, 2.75) is 12.1 Å². The monoisotopic (exact) mass is 416 g/mol. The van der Waals surface area contributed by atoms with Crippen LogP contribution in [0.15, 0.2) is 59.3 Å². The summed E-state index contributed by atoms with van der Waals surface area (Å²) in [6.45, 7) is 0.0608. The van der Waals surface area contributed by atoms with Crippen LogP contribution in [0.25, 0.3) is 0 Å². The van der Waals surface area contributed by atoms with Crippen molar-refractivity contribution in [1.29, 1.82) is 0 Å². The lowest BCUT2D eigenvalue weighted by Crippen LogP contribution is -2.46. The Balaban J connectivity index is 1.62. The molecule has 3 rings (SSSR count). The number of carbonyl (C=O) groups excluding carboxylic acids is 2. The second kappa shape index (κ2) is 9.01. The zero-order valence-corrected chi connectivity index (χ0v) is 16.8. The van der Waals surface area contributed by atoms with Crippen molar-refractivity contribution in [2.75, 3.05) is 13.7 Å². The van der Waals surface area contributed by atoms with Crippen LogP contribution in [0, 0.1) is 0 Å². The number of rotatable bonds is 7. The summed E-state index contributed by atoms with van der Waals surface area (Å²) < 4.78 is 5.23. The van der Waals surface area contributed by atoms with Crippen LogP contribution in [0.4, 0.5) is 0 Å². The van der Waals surface area contributed by atoms with Gasteiger partial charge >= 0.3 is 11.8 Å². The van der Waals surface area contributed by atoms with Gasteiger partial charge in [-0.25, -0.2) is 0 Å². The fraction of sp³-hybridized carbons (Fsp3) is 0.200. The molecule has 0 radical (unpaired) electrons. The molecule has 28 heavy (non-hydrogen) atoms. The Morgan fingerprint density at radius 3 is 2.14 bits per heavy atom. The van der Waals surface area contributed by atoms with Crippen LogP contribution in [-0.2, 0) is 21.7 Å². The number of aliphatic hydroxyl groups is 1. The van der Waals surface area contributed by atoms with Gasteiger partial charge in [0.2, 0.25) is 0 Å². The van der Waals surface area contributed by atoms with E-state index in [4.69, 9.17) is 4.74 Å². The first kappa shape index (κ1) is 20.1. The molecule has 0 aliphatic rings. The quantitative estimate of drug-likeness (QED) is 0.517. The Hall–Kier alpha value is -2.68. The highest BCUT2D eigenvalue weighted by Crippen LogP contribution is 2.34. The molecule has 0 unspecified atom stereocenters. The Morgan fingerprint density at radius 2 is 1.57 bits per heavy atom. The maximum atomic E-state index is 12.2. The number of thiophene rings is 2. The molecule has 0 saturated heterocycles. The lowest BCUT2D eigenvalue weighted by molar-refractivity contribution is -0.139. The fourth-order valence-electron chi connectivity index (χ4n) is 2.72. The summed E-state index contributed by atoms with van der Waals surface area (Å²) in [4.78, 5) is 25.8. The van der Waals surface area contributed by atoms with Crippen molar-refractivity contribution in [3.63, 3.8) is 0 Å². The van der Waals surface area contributed by atoms with Crippen LogP contribution in [0.3, 0.4) is 0 Å². The van der Waals surface area contributed by atoms with E-state index in [9.17, 15) is 14.7 Å². The van der Waals surface area contributed by atoms with Crippen molar-refractivity contribution in [2.24, 2.45) is 0 Å². The molecular formula is C20H20N2O4S2. The van der Waals surface area contributed by atoms with Crippen LogP contribution in [0.5, 0.6) is 5.75 Å². The van der Waals surface area contributed by atoms with Gasteiger partial charge in [-0.05, 0) is 29.0 Å². The highest BCUT2D eigenvalue weighted by molar-refractivity contribution is 7.11. The summed E-state index contributed by atoms with van der Waals surface area (Å²) in [7, 11) is 1.54. The molecule has 0 bridgehead atoms. The smallest absolute Gasteiger partial charge is 0.309 e. The Morgan fingerprint density at radius 1 is 0.964 bits per heavy atom. The molecule has 2 aromatic heterocycles. The number of para-hydroxylation sites is 1. The third-order valence-corrected chi connectivity index (χ3v) is 6.24. The highest BCUT2D eigenvalue weighted by Gasteiger charge is 2.34. The molecule has 2 amide bonds. The molecule has 3 aromatic rings. The van der Waals surface area contributed by atoms with Gasteiger partial charge in [0.05, 0.1) is 13.7 Å². The first-order valence-corrected chi connectivity index (χ1v) is 10.3. The Bertz CT molecular complexity index is 889. The molecule has 1 aromatic carbocycles. The van der Waals surface area contributed by atoms with Crippen molar-refractivity contribution < 1.29 is 19.4 Å². The van der Waals surface area contributed by atoms with Crippen LogP contribution in [0.2, 0.25) is 0 Å². The Kier molecular flexibility index (Phi) is 6.45. The molecule has 0 spiro atoms. The number of benzene rings is 1. The van der Waals surface area contributed by atoms with Gasteiger partial charge in [0, 0.05) is 21.9 Å². The van der Waals surface area contributed by atoms with E-state index in [1.54, 1.807) is 25.3 Å². The number of amides is 2. The highest BCUT2D eigenvalue weighted by atomic mass is 32.1. The topological polar surface area (TPSA) is 87.7 Å². The van der Waals surface area contributed by atoms with Crippen molar-refractivity contribution in [1.82, 2.24) is 10.6 Å². The van der Waals surface area contributed by atoms with E-state index in [1.807, 2.05) is 41.1 Å². The van der Waals surface area contributed by atoms with Crippen molar-refractivity contribution in [3.05, 3.63) is 74.6 Å². The zero-order valence-electron chi connectivity index (χ0n) is 15.2. The van der Waals surface area contributed by atoms with Crippen LogP contribution in [0.1, 0.15) is 15.3 Å². The standard InChI is InChI=1S/C20H20N2O4S2/c1-26-15-7-3-2-6-14(15)12-21-18(23)19(24)22-13-20(25,16-8-4-10-27-16)17-9-5-11-28-17/h2-11,25H,12-13H2,1H3,(H,21,23)(H,22,24). The molecule has 3 N–H and O–H groups in total. The number of hydrogen-bond acceptors (Lipinski definition) is 6. The predicted molar refractivity (Wildman–Crippen MR) is 109 cm³/mol. The first-order valence-electron chi connectivity index (χ1n) is 8.53. The molecule has 0 fully saturated rings. The maximum Gasteiger partial charge on any atom is 0.309 e. The first-order chi connectivity index (χ1) is 13.5. The second-order valence-electron chi connectivity index (χ2n) is 5.99.